The van der Waals surface area contributed by atoms with Gasteiger partial charge in [0.2, 0.25) is 5.91 Å². The number of para-hydroxylation sites is 1. The predicted octanol–water partition coefficient (Wildman–Crippen LogP) is 3.96. The first kappa shape index (κ1) is 20.4. The van der Waals surface area contributed by atoms with Crippen molar-refractivity contribution in [1.29, 1.82) is 0 Å². The Labute approximate surface area is 160 Å². The van der Waals surface area contributed by atoms with Crippen LogP contribution < -0.4 is 10.1 Å². The zero-order valence-electron chi connectivity index (χ0n) is 16.5. The largest absolute Gasteiger partial charge is 0.496 e. The van der Waals surface area contributed by atoms with E-state index in [4.69, 9.17) is 4.74 Å². The SMILES string of the molecule is COc1ccccc1CNC(=O)C(C)Sc1nc(C)c(C)n1CC(C)C. The molecule has 0 aliphatic carbocycles. The zero-order valence-corrected chi connectivity index (χ0v) is 17.3. The summed E-state index contributed by atoms with van der Waals surface area (Å²) in [7, 11) is 1.64. The van der Waals surface area contributed by atoms with Gasteiger partial charge in [-0.2, -0.15) is 0 Å². The van der Waals surface area contributed by atoms with E-state index >= 15 is 0 Å². The molecule has 0 radical (unpaired) electrons. The number of aryl methyl sites for hydroxylation is 1. The third-order valence-electron chi connectivity index (χ3n) is 4.27. The molecule has 2 rings (SSSR count). The number of imidazole rings is 1. The van der Waals surface area contributed by atoms with Crippen molar-refractivity contribution in [2.75, 3.05) is 7.11 Å². The highest BCUT2D eigenvalue weighted by molar-refractivity contribution is 8.00. The number of amides is 1. The normalized spacial score (nSPS) is 12.3. The minimum Gasteiger partial charge on any atom is -0.496 e. The number of carbonyl (C=O) groups excluding carboxylic acids is 1. The first-order valence-corrected chi connectivity index (χ1v) is 9.81. The van der Waals surface area contributed by atoms with Crippen molar-refractivity contribution in [3.05, 3.63) is 41.2 Å². The first-order chi connectivity index (χ1) is 12.3. The molecule has 1 aromatic carbocycles. The van der Waals surface area contributed by atoms with Gasteiger partial charge in [0.15, 0.2) is 5.16 Å². The molecule has 5 nitrogen and oxygen atoms in total. The Hall–Kier alpha value is -1.95. The molecule has 0 bridgehead atoms. The summed E-state index contributed by atoms with van der Waals surface area (Å²) in [5, 5.41) is 3.68. The Morgan fingerprint density at radius 2 is 1.96 bits per heavy atom. The zero-order chi connectivity index (χ0) is 19.3. The van der Waals surface area contributed by atoms with Crippen LogP contribution in [0, 0.1) is 19.8 Å². The summed E-state index contributed by atoms with van der Waals surface area (Å²) in [5.41, 5.74) is 3.16. The van der Waals surface area contributed by atoms with Gasteiger partial charge in [0, 0.05) is 24.3 Å². The van der Waals surface area contributed by atoms with Crippen LogP contribution in [-0.4, -0.2) is 27.8 Å². The highest BCUT2D eigenvalue weighted by Crippen LogP contribution is 2.26. The summed E-state index contributed by atoms with van der Waals surface area (Å²) in [5.74, 6) is 1.30. The first-order valence-electron chi connectivity index (χ1n) is 8.93. The number of hydrogen-bond acceptors (Lipinski definition) is 4. The second kappa shape index (κ2) is 9.12. The van der Waals surface area contributed by atoms with Gasteiger partial charge in [0.05, 0.1) is 18.1 Å². The molecule has 1 aromatic heterocycles. The number of rotatable bonds is 8. The molecule has 1 amide bonds. The van der Waals surface area contributed by atoms with Crippen LogP contribution in [-0.2, 0) is 17.9 Å². The van der Waals surface area contributed by atoms with Crippen molar-refractivity contribution in [3.8, 4) is 5.75 Å². The summed E-state index contributed by atoms with van der Waals surface area (Å²) in [6.45, 7) is 11.8. The van der Waals surface area contributed by atoms with Crippen molar-refractivity contribution >= 4 is 17.7 Å². The molecule has 1 N–H and O–H groups in total. The van der Waals surface area contributed by atoms with Gasteiger partial charge < -0.3 is 14.6 Å². The molecule has 1 atom stereocenters. The van der Waals surface area contributed by atoms with Gasteiger partial charge in [0.25, 0.3) is 0 Å². The number of nitrogens with zero attached hydrogens (tertiary/aromatic N) is 2. The molecule has 0 aliphatic heterocycles. The van der Waals surface area contributed by atoms with E-state index in [2.05, 4.69) is 35.6 Å². The number of methoxy groups -OCH3 is 1. The topological polar surface area (TPSA) is 56.1 Å². The monoisotopic (exact) mass is 375 g/mol. The van der Waals surface area contributed by atoms with Crippen molar-refractivity contribution in [2.45, 2.75) is 58.1 Å². The Bertz CT molecular complexity index is 756. The maximum absolute atomic E-state index is 12.5. The average Bonchev–Trinajstić information content (AvgIpc) is 2.86. The molecular weight excluding hydrogens is 346 g/mol. The molecule has 2 aromatic rings. The van der Waals surface area contributed by atoms with Crippen molar-refractivity contribution < 1.29 is 9.53 Å². The molecule has 0 fully saturated rings. The minimum absolute atomic E-state index is 0.00434. The summed E-state index contributed by atoms with van der Waals surface area (Å²) in [6, 6.07) is 7.71. The second-order valence-electron chi connectivity index (χ2n) is 6.86. The van der Waals surface area contributed by atoms with Crippen LogP contribution in [0.3, 0.4) is 0 Å². The van der Waals surface area contributed by atoms with E-state index in [-0.39, 0.29) is 11.2 Å². The number of benzene rings is 1. The lowest BCUT2D eigenvalue weighted by Crippen LogP contribution is -2.30. The molecule has 0 saturated carbocycles. The third-order valence-corrected chi connectivity index (χ3v) is 5.36. The molecule has 0 aliphatic rings. The van der Waals surface area contributed by atoms with Gasteiger partial charge in [-0.05, 0) is 32.8 Å². The van der Waals surface area contributed by atoms with Crippen LogP contribution in [0.4, 0.5) is 0 Å². The van der Waals surface area contributed by atoms with E-state index in [1.807, 2.05) is 38.1 Å². The highest BCUT2D eigenvalue weighted by atomic mass is 32.2. The maximum atomic E-state index is 12.5. The number of ether oxygens (including phenoxy) is 1. The van der Waals surface area contributed by atoms with Crippen LogP contribution in [0.2, 0.25) is 0 Å². The van der Waals surface area contributed by atoms with E-state index in [9.17, 15) is 4.79 Å². The van der Waals surface area contributed by atoms with Gasteiger partial charge in [-0.3, -0.25) is 4.79 Å². The molecule has 142 valence electrons. The van der Waals surface area contributed by atoms with Gasteiger partial charge in [-0.15, -0.1) is 0 Å². The van der Waals surface area contributed by atoms with Crippen LogP contribution in [0.1, 0.15) is 37.7 Å². The van der Waals surface area contributed by atoms with E-state index in [1.54, 1.807) is 7.11 Å². The summed E-state index contributed by atoms with van der Waals surface area (Å²) in [6.07, 6.45) is 0. The maximum Gasteiger partial charge on any atom is 0.233 e. The number of hydrogen-bond donors (Lipinski definition) is 1. The van der Waals surface area contributed by atoms with Crippen molar-refractivity contribution in [2.24, 2.45) is 5.92 Å². The quantitative estimate of drug-likeness (QED) is 0.710. The van der Waals surface area contributed by atoms with Crippen LogP contribution in [0.25, 0.3) is 0 Å². The van der Waals surface area contributed by atoms with Gasteiger partial charge in [-0.25, -0.2) is 4.98 Å². The molecule has 0 saturated heterocycles. The van der Waals surface area contributed by atoms with Gasteiger partial charge in [-0.1, -0.05) is 43.8 Å². The van der Waals surface area contributed by atoms with Crippen molar-refractivity contribution in [1.82, 2.24) is 14.9 Å². The standard InChI is InChI=1S/C20H29N3O2S/c1-13(2)12-23-15(4)14(3)22-20(23)26-16(5)19(24)21-11-17-9-7-8-10-18(17)25-6/h7-10,13,16H,11-12H2,1-6H3,(H,21,24). The Morgan fingerprint density at radius 3 is 2.62 bits per heavy atom. The summed E-state index contributed by atoms with van der Waals surface area (Å²) >= 11 is 1.51. The molecule has 0 spiro atoms. The fourth-order valence-corrected chi connectivity index (χ4v) is 3.72. The Balaban J connectivity index is 2.02. The average molecular weight is 376 g/mol. The minimum atomic E-state index is -0.225. The van der Waals surface area contributed by atoms with E-state index in [0.717, 1.165) is 28.7 Å². The second-order valence-corrected chi connectivity index (χ2v) is 8.17. The summed E-state index contributed by atoms with van der Waals surface area (Å²) in [4.78, 5) is 17.2. The Morgan fingerprint density at radius 1 is 1.27 bits per heavy atom. The fourth-order valence-electron chi connectivity index (χ4n) is 2.68. The van der Waals surface area contributed by atoms with Crippen LogP contribution in [0.15, 0.2) is 29.4 Å². The van der Waals surface area contributed by atoms with Crippen LogP contribution >= 0.6 is 11.8 Å². The third kappa shape index (κ3) is 5.04. The van der Waals surface area contributed by atoms with Gasteiger partial charge in [0.1, 0.15) is 5.75 Å². The van der Waals surface area contributed by atoms with E-state index in [0.29, 0.717) is 12.5 Å². The number of thioether (sulfide) groups is 1. The number of aromatic nitrogens is 2. The lowest BCUT2D eigenvalue weighted by molar-refractivity contribution is -0.120. The smallest absolute Gasteiger partial charge is 0.233 e. The number of carbonyl (C=O) groups is 1. The highest BCUT2D eigenvalue weighted by Gasteiger charge is 2.20. The fraction of sp³-hybridized carbons (Fsp3) is 0.500. The Kier molecular flexibility index (Phi) is 7.14. The molecular formula is C20H29N3O2S. The molecule has 26 heavy (non-hydrogen) atoms. The summed E-state index contributed by atoms with van der Waals surface area (Å²) < 4.78 is 7.55. The van der Waals surface area contributed by atoms with E-state index < -0.39 is 0 Å². The number of nitrogens with one attached hydrogen (secondary N) is 1. The van der Waals surface area contributed by atoms with Crippen molar-refractivity contribution in [3.63, 3.8) is 0 Å². The predicted molar refractivity (Wildman–Crippen MR) is 107 cm³/mol. The van der Waals surface area contributed by atoms with Gasteiger partial charge >= 0.3 is 0 Å². The molecule has 6 heteroatoms. The molecule has 1 unspecified atom stereocenters. The molecule has 1 heterocycles. The lowest BCUT2D eigenvalue weighted by Gasteiger charge is -2.16. The van der Waals surface area contributed by atoms with E-state index in [1.165, 1.54) is 17.5 Å². The van der Waals surface area contributed by atoms with Crippen LogP contribution in [0.5, 0.6) is 5.75 Å². The lowest BCUT2D eigenvalue weighted by atomic mass is 10.2.